The van der Waals surface area contributed by atoms with Gasteiger partial charge in [-0.25, -0.2) is 4.98 Å². The van der Waals surface area contributed by atoms with Crippen LogP contribution in [0.1, 0.15) is 11.3 Å². The fourth-order valence-electron chi connectivity index (χ4n) is 2.63. The predicted molar refractivity (Wildman–Crippen MR) is 104 cm³/mol. The minimum absolute atomic E-state index is 0. The van der Waals surface area contributed by atoms with E-state index in [0.29, 0.717) is 0 Å². The maximum atomic E-state index is 5.24. The molecule has 0 fully saturated rings. The number of nitrogens with zero attached hydrogens (tertiary/aromatic N) is 3. The summed E-state index contributed by atoms with van der Waals surface area (Å²) in [5.74, 6) is 0.859. The van der Waals surface area contributed by atoms with Gasteiger partial charge in [-0.1, -0.05) is 0 Å². The summed E-state index contributed by atoms with van der Waals surface area (Å²) in [7, 11) is 5.83. The van der Waals surface area contributed by atoms with Crippen LogP contribution in [0.25, 0.3) is 16.9 Å². The largest absolute Gasteiger partial charge is 0.497 e. The van der Waals surface area contributed by atoms with Crippen LogP contribution in [0.2, 0.25) is 0 Å². The topological polar surface area (TPSA) is 29.8 Å². The van der Waals surface area contributed by atoms with Crippen molar-refractivity contribution in [2.24, 2.45) is 0 Å². The molecule has 2 heterocycles. The van der Waals surface area contributed by atoms with Crippen molar-refractivity contribution < 1.29 is 4.74 Å². The number of ether oxygens (including phenoxy) is 1. The van der Waals surface area contributed by atoms with Crippen LogP contribution in [0.4, 0.5) is 0 Å². The van der Waals surface area contributed by atoms with Crippen LogP contribution in [-0.2, 0) is 6.54 Å². The minimum atomic E-state index is 0. The molecule has 0 N–H and O–H groups in total. The number of methoxy groups -OCH3 is 1. The quantitative estimate of drug-likeness (QED) is 0.691. The van der Waals surface area contributed by atoms with Gasteiger partial charge in [0.15, 0.2) is 0 Å². The van der Waals surface area contributed by atoms with E-state index < -0.39 is 0 Å². The van der Waals surface area contributed by atoms with Gasteiger partial charge < -0.3 is 14.0 Å². The van der Waals surface area contributed by atoms with Crippen LogP contribution in [0.3, 0.4) is 0 Å². The number of hydrogen-bond acceptors (Lipinski definition) is 3. The maximum Gasteiger partial charge on any atom is 0.137 e. The number of aromatic nitrogens is 2. The zero-order valence-electron chi connectivity index (χ0n) is 14.3. The molecule has 0 spiro atoms. The third-order valence-electron chi connectivity index (χ3n) is 3.71. The first-order valence-corrected chi connectivity index (χ1v) is 7.35. The van der Waals surface area contributed by atoms with Crippen molar-refractivity contribution in [3.8, 4) is 17.0 Å². The van der Waals surface area contributed by atoms with Gasteiger partial charge in [0.2, 0.25) is 0 Å². The number of rotatable bonds is 4. The lowest BCUT2D eigenvalue weighted by molar-refractivity contribution is 0.396. The highest BCUT2D eigenvalue weighted by atomic mass is 35.5. The molecule has 0 amide bonds. The van der Waals surface area contributed by atoms with Crippen molar-refractivity contribution >= 4 is 30.5 Å². The Morgan fingerprint density at radius 3 is 2.33 bits per heavy atom. The molecule has 0 aliphatic heterocycles. The Bertz CT molecular complexity index is 798. The van der Waals surface area contributed by atoms with Crippen molar-refractivity contribution in [2.45, 2.75) is 13.5 Å². The Morgan fingerprint density at radius 1 is 1.08 bits per heavy atom. The molecule has 0 aliphatic rings. The molecule has 3 rings (SSSR count). The van der Waals surface area contributed by atoms with E-state index in [9.17, 15) is 0 Å². The van der Waals surface area contributed by atoms with Gasteiger partial charge in [0.05, 0.1) is 18.5 Å². The van der Waals surface area contributed by atoms with E-state index in [0.717, 1.165) is 29.2 Å². The van der Waals surface area contributed by atoms with Crippen LogP contribution >= 0.6 is 24.8 Å². The summed E-state index contributed by atoms with van der Waals surface area (Å²) < 4.78 is 7.41. The number of aryl methyl sites for hydroxylation is 1. The minimum Gasteiger partial charge on any atom is -0.497 e. The van der Waals surface area contributed by atoms with Crippen molar-refractivity contribution in [1.82, 2.24) is 14.3 Å². The van der Waals surface area contributed by atoms with Crippen molar-refractivity contribution in [3.05, 3.63) is 53.9 Å². The number of benzene rings is 1. The van der Waals surface area contributed by atoms with Crippen LogP contribution in [0, 0.1) is 6.92 Å². The summed E-state index contributed by atoms with van der Waals surface area (Å²) >= 11 is 0. The normalized spacial score (nSPS) is 10.4. The Balaban J connectivity index is 0.00000144. The number of pyridine rings is 1. The Kier molecular flexibility index (Phi) is 7.08. The zero-order chi connectivity index (χ0) is 15.7. The standard InChI is InChI=1S/C18H21N3O.2ClH/c1-13-9-10-21-16(12-20(2)3)18(19-17(21)11-13)14-5-7-15(22-4)8-6-14;;/h5-11H,12H2,1-4H3;2*1H. The first-order valence-electron chi connectivity index (χ1n) is 7.35. The van der Waals surface area contributed by atoms with E-state index in [4.69, 9.17) is 9.72 Å². The molecule has 130 valence electrons. The Morgan fingerprint density at radius 2 is 1.75 bits per heavy atom. The fraction of sp³-hybridized carbons (Fsp3) is 0.278. The lowest BCUT2D eigenvalue weighted by Crippen LogP contribution is -2.13. The van der Waals surface area contributed by atoms with Crippen LogP contribution in [0.15, 0.2) is 42.6 Å². The van der Waals surface area contributed by atoms with E-state index in [1.54, 1.807) is 7.11 Å². The SMILES string of the molecule is COc1ccc(-c2nc3cc(C)ccn3c2CN(C)C)cc1.Cl.Cl. The Hall–Kier alpha value is -1.75. The smallest absolute Gasteiger partial charge is 0.137 e. The van der Waals surface area contributed by atoms with Crippen LogP contribution < -0.4 is 4.74 Å². The molecule has 0 bridgehead atoms. The van der Waals surface area contributed by atoms with Gasteiger partial charge in [0.1, 0.15) is 11.4 Å². The zero-order valence-corrected chi connectivity index (χ0v) is 15.9. The van der Waals surface area contributed by atoms with Crippen molar-refractivity contribution in [1.29, 1.82) is 0 Å². The summed E-state index contributed by atoms with van der Waals surface area (Å²) in [4.78, 5) is 7.01. The third kappa shape index (κ3) is 4.01. The van der Waals surface area contributed by atoms with Gasteiger partial charge in [-0.3, -0.25) is 0 Å². The molecule has 3 aromatic rings. The highest BCUT2D eigenvalue weighted by Gasteiger charge is 2.14. The van der Waals surface area contributed by atoms with Gasteiger partial charge in [-0.15, -0.1) is 24.8 Å². The third-order valence-corrected chi connectivity index (χ3v) is 3.71. The second kappa shape index (κ2) is 8.38. The van der Waals surface area contributed by atoms with Crippen molar-refractivity contribution in [2.75, 3.05) is 21.2 Å². The number of imidazole rings is 1. The summed E-state index contributed by atoms with van der Waals surface area (Å²) in [6.45, 7) is 2.93. The molecule has 24 heavy (non-hydrogen) atoms. The summed E-state index contributed by atoms with van der Waals surface area (Å²) in [5.41, 5.74) is 5.55. The molecule has 0 atom stereocenters. The first-order chi connectivity index (χ1) is 10.6. The molecule has 0 unspecified atom stereocenters. The van der Waals surface area contributed by atoms with Crippen LogP contribution in [0.5, 0.6) is 5.75 Å². The molecular formula is C18H23Cl2N3O. The number of halogens is 2. The van der Waals surface area contributed by atoms with E-state index in [1.165, 1.54) is 11.3 Å². The molecule has 0 aliphatic carbocycles. The number of hydrogen-bond donors (Lipinski definition) is 0. The van der Waals surface area contributed by atoms with Gasteiger partial charge in [-0.05, 0) is 63.0 Å². The van der Waals surface area contributed by atoms with Gasteiger partial charge in [-0.2, -0.15) is 0 Å². The molecule has 0 saturated heterocycles. The highest BCUT2D eigenvalue weighted by molar-refractivity contribution is 5.85. The molecular weight excluding hydrogens is 345 g/mol. The average Bonchev–Trinajstić information content (AvgIpc) is 2.84. The second-order valence-electron chi connectivity index (χ2n) is 5.81. The summed E-state index contributed by atoms with van der Waals surface area (Å²) in [6, 6.07) is 12.3. The molecule has 6 heteroatoms. The van der Waals surface area contributed by atoms with Crippen LogP contribution in [-0.4, -0.2) is 35.5 Å². The summed E-state index contributed by atoms with van der Waals surface area (Å²) in [6.07, 6.45) is 2.10. The molecule has 2 aromatic heterocycles. The van der Waals surface area contributed by atoms with Gasteiger partial charge >= 0.3 is 0 Å². The Labute approximate surface area is 155 Å². The van der Waals surface area contributed by atoms with E-state index in [2.05, 4.69) is 60.8 Å². The molecule has 0 radical (unpaired) electrons. The maximum absolute atomic E-state index is 5.24. The molecule has 4 nitrogen and oxygen atoms in total. The van der Waals surface area contributed by atoms with E-state index in [-0.39, 0.29) is 24.8 Å². The van der Waals surface area contributed by atoms with E-state index >= 15 is 0 Å². The summed E-state index contributed by atoms with van der Waals surface area (Å²) in [5, 5.41) is 0. The lowest BCUT2D eigenvalue weighted by Gasteiger charge is -2.11. The molecule has 1 aromatic carbocycles. The highest BCUT2D eigenvalue weighted by Crippen LogP contribution is 2.27. The monoisotopic (exact) mass is 367 g/mol. The average molecular weight is 368 g/mol. The van der Waals surface area contributed by atoms with Gasteiger partial charge in [0.25, 0.3) is 0 Å². The predicted octanol–water partition coefficient (Wildman–Crippen LogP) is 4.22. The molecule has 0 saturated carbocycles. The van der Waals surface area contributed by atoms with E-state index in [1.807, 2.05) is 12.1 Å². The first kappa shape index (κ1) is 20.3. The fourth-order valence-corrected chi connectivity index (χ4v) is 2.63. The second-order valence-corrected chi connectivity index (χ2v) is 5.81. The van der Waals surface area contributed by atoms with Crippen molar-refractivity contribution in [3.63, 3.8) is 0 Å². The number of fused-ring (bicyclic) bond motifs is 1. The lowest BCUT2D eigenvalue weighted by atomic mass is 10.1. The van der Waals surface area contributed by atoms with Gasteiger partial charge in [0, 0.05) is 18.3 Å².